The van der Waals surface area contributed by atoms with Crippen molar-refractivity contribution in [2.24, 2.45) is 4.99 Å². The number of nitrogens with one attached hydrogen (secondary N) is 1. The number of nitrogens with zero attached hydrogens (tertiary/aromatic N) is 3. The Morgan fingerprint density at radius 2 is 2.25 bits per heavy atom. The fourth-order valence-electron chi connectivity index (χ4n) is 4.36. The zero-order valence-electron chi connectivity index (χ0n) is 19.7. The molecule has 2 N–H and O–H groups in total. The number of halogens is 1. The second-order valence-electron chi connectivity index (χ2n) is 8.16. The number of hydrogen-bond donors (Lipinski definition) is 2. The summed E-state index contributed by atoms with van der Waals surface area (Å²) < 4.78 is 24.9. The highest BCUT2D eigenvalue weighted by molar-refractivity contribution is 7.11. The lowest BCUT2D eigenvalue weighted by atomic mass is 9.91. The number of amidine groups is 1. The smallest absolute Gasteiger partial charge is 0.338 e. The first-order chi connectivity index (χ1) is 17.3. The van der Waals surface area contributed by atoms with Crippen LogP contribution in [-0.4, -0.2) is 71.2 Å². The number of rotatable bonds is 7. The first-order valence-electron chi connectivity index (χ1n) is 11.3. The summed E-state index contributed by atoms with van der Waals surface area (Å²) in [6.07, 6.45) is 6.74. The molecule has 3 heterocycles. The molecular formula is C25H25FN4O5S. The quantitative estimate of drug-likeness (QED) is 0.430. The Balaban J connectivity index is 1.87. The number of aromatic nitrogens is 1. The van der Waals surface area contributed by atoms with Gasteiger partial charge in [0.05, 0.1) is 24.9 Å². The van der Waals surface area contributed by atoms with E-state index < -0.39 is 35.9 Å². The lowest BCUT2D eigenvalue weighted by Gasteiger charge is -2.38. The summed E-state index contributed by atoms with van der Waals surface area (Å²) in [5, 5.41) is 15.4. The Labute approximate surface area is 211 Å². The number of carbonyl (C=O) groups excluding carboxylic acids is 1. The van der Waals surface area contributed by atoms with Gasteiger partial charge in [0.15, 0.2) is 10.8 Å². The molecule has 1 aromatic heterocycles. The van der Waals surface area contributed by atoms with Gasteiger partial charge >= 0.3 is 11.9 Å². The minimum atomic E-state index is -1.03. The highest BCUT2D eigenvalue weighted by Crippen LogP contribution is 2.35. The number of terminal acetylenes is 1. The van der Waals surface area contributed by atoms with Gasteiger partial charge in [-0.25, -0.2) is 14.2 Å². The number of carboxylic acids is 1. The first kappa shape index (κ1) is 25.5. The van der Waals surface area contributed by atoms with Crippen LogP contribution < -0.4 is 5.32 Å². The van der Waals surface area contributed by atoms with Crippen molar-refractivity contribution < 1.29 is 28.6 Å². The number of aliphatic carboxylic acids is 1. The maximum absolute atomic E-state index is 14.0. The lowest BCUT2D eigenvalue weighted by molar-refractivity contribution is -0.155. The van der Waals surface area contributed by atoms with E-state index in [9.17, 15) is 19.1 Å². The molecule has 2 aliphatic heterocycles. The molecule has 9 nitrogen and oxygen atoms in total. The number of benzene rings is 1. The maximum Gasteiger partial charge on any atom is 0.338 e. The lowest BCUT2D eigenvalue weighted by Crippen LogP contribution is -2.56. The Bertz CT molecular complexity index is 1250. The molecule has 2 aliphatic rings. The van der Waals surface area contributed by atoms with Gasteiger partial charge in [-0.1, -0.05) is 12.0 Å². The molecule has 1 fully saturated rings. The van der Waals surface area contributed by atoms with Crippen molar-refractivity contribution in [2.75, 3.05) is 26.3 Å². The van der Waals surface area contributed by atoms with Crippen molar-refractivity contribution in [1.82, 2.24) is 15.2 Å². The fourth-order valence-corrected chi connectivity index (χ4v) is 4.94. The van der Waals surface area contributed by atoms with Crippen LogP contribution in [0.3, 0.4) is 0 Å². The van der Waals surface area contributed by atoms with E-state index in [4.69, 9.17) is 20.9 Å². The van der Waals surface area contributed by atoms with Crippen LogP contribution in [-0.2, 0) is 19.1 Å². The van der Waals surface area contributed by atoms with E-state index in [0.29, 0.717) is 35.3 Å². The van der Waals surface area contributed by atoms with Crippen LogP contribution in [0.5, 0.6) is 0 Å². The molecule has 0 spiro atoms. The molecule has 1 aromatic carbocycles. The van der Waals surface area contributed by atoms with Crippen LogP contribution in [0.15, 0.2) is 46.0 Å². The van der Waals surface area contributed by atoms with Crippen molar-refractivity contribution in [1.29, 1.82) is 0 Å². The molecular weight excluding hydrogens is 487 g/mol. The second-order valence-corrected chi connectivity index (χ2v) is 9.06. The predicted octanol–water partition coefficient (Wildman–Crippen LogP) is 2.35. The topological polar surface area (TPSA) is 113 Å². The largest absolute Gasteiger partial charge is 0.480 e. The van der Waals surface area contributed by atoms with E-state index in [1.807, 2.05) is 0 Å². The number of morpholine rings is 1. The summed E-state index contributed by atoms with van der Waals surface area (Å²) in [5.74, 6) is 0.684. The standard InChI is InChI=1S/C25H25FN4O5S/c1-4-15-12-16(26)6-7-17(15)20-19(25(33)34-5-2)18(28-22(29-20)23-27-8-11-36-23)13-30-9-10-35-14(3)21(30)24(31)32/h1,6-8,11-12,14,20-21H,5,9-10,13H2,2-3H3,(H,28,29)(H,31,32)/t14-,20?,21?/m1/s1. The summed E-state index contributed by atoms with van der Waals surface area (Å²) in [6, 6.07) is 2.11. The highest BCUT2D eigenvalue weighted by atomic mass is 32.1. The zero-order valence-corrected chi connectivity index (χ0v) is 20.5. The van der Waals surface area contributed by atoms with Gasteiger partial charge in [0.1, 0.15) is 17.9 Å². The van der Waals surface area contributed by atoms with Crippen LogP contribution in [0.1, 0.15) is 36.0 Å². The normalized spacial score (nSPS) is 22.4. The van der Waals surface area contributed by atoms with Crippen LogP contribution >= 0.6 is 11.3 Å². The molecule has 2 unspecified atom stereocenters. The Hall–Kier alpha value is -3.59. The second kappa shape index (κ2) is 11.0. The molecule has 11 heteroatoms. The van der Waals surface area contributed by atoms with Crippen LogP contribution in [0.4, 0.5) is 4.39 Å². The fraction of sp³-hybridized carbons (Fsp3) is 0.360. The number of esters is 1. The number of thiazole rings is 1. The monoisotopic (exact) mass is 512 g/mol. The van der Waals surface area contributed by atoms with Crippen LogP contribution in [0.25, 0.3) is 0 Å². The van der Waals surface area contributed by atoms with Crippen molar-refractivity contribution in [3.63, 3.8) is 0 Å². The number of carbonyl (C=O) groups is 2. The van der Waals surface area contributed by atoms with E-state index in [0.717, 1.165) is 0 Å². The molecule has 0 aliphatic carbocycles. The number of carboxylic acid groups (broad SMARTS) is 1. The van der Waals surface area contributed by atoms with Gasteiger partial charge in [0.25, 0.3) is 0 Å². The van der Waals surface area contributed by atoms with E-state index >= 15 is 0 Å². The molecule has 188 valence electrons. The van der Waals surface area contributed by atoms with Crippen LogP contribution in [0.2, 0.25) is 0 Å². The summed E-state index contributed by atoms with van der Waals surface area (Å²) >= 11 is 1.34. The third-order valence-corrected chi connectivity index (χ3v) is 6.71. The molecule has 2 aromatic rings. The van der Waals surface area contributed by atoms with Crippen molar-refractivity contribution >= 4 is 29.1 Å². The Morgan fingerprint density at radius 1 is 1.44 bits per heavy atom. The van der Waals surface area contributed by atoms with Gasteiger partial charge in [0.2, 0.25) is 0 Å². The highest BCUT2D eigenvalue weighted by Gasteiger charge is 2.39. The molecule has 1 saturated heterocycles. The first-order valence-corrected chi connectivity index (χ1v) is 12.2. The van der Waals surface area contributed by atoms with Gasteiger partial charge in [0, 0.05) is 35.9 Å². The van der Waals surface area contributed by atoms with E-state index in [1.54, 1.807) is 30.3 Å². The number of ether oxygens (including phenoxy) is 2. The molecule has 0 amide bonds. The molecule has 0 bridgehead atoms. The maximum atomic E-state index is 14.0. The minimum absolute atomic E-state index is 0.0757. The number of aliphatic imine (C=N–C) groups is 1. The van der Waals surface area contributed by atoms with Gasteiger partial charge in [-0.05, 0) is 31.5 Å². The van der Waals surface area contributed by atoms with Gasteiger partial charge in [-0.3, -0.25) is 14.7 Å². The molecule has 4 rings (SSSR count). The van der Waals surface area contributed by atoms with E-state index in [-0.39, 0.29) is 24.3 Å². The van der Waals surface area contributed by atoms with Crippen molar-refractivity contribution in [3.05, 3.63) is 63.0 Å². The van der Waals surface area contributed by atoms with Gasteiger partial charge < -0.3 is 19.9 Å². The average Bonchev–Trinajstić information content (AvgIpc) is 3.38. The average molecular weight is 513 g/mol. The summed E-state index contributed by atoms with van der Waals surface area (Å²) in [4.78, 5) is 36.1. The summed E-state index contributed by atoms with van der Waals surface area (Å²) in [5.41, 5.74) is 1.27. The molecule has 0 radical (unpaired) electrons. The molecule has 36 heavy (non-hydrogen) atoms. The van der Waals surface area contributed by atoms with Crippen LogP contribution in [0, 0.1) is 18.2 Å². The van der Waals surface area contributed by atoms with E-state index in [1.165, 1.54) is 29.5 Å². The van der Waals surface area contributed by atoms with Crippen molar-refractivity contribution in [3.8, 4) is 12.3 Å². The third-order valence-electron chi connectivity index (χ3n) is 5.93. The Morgan fingerprint density at radius 3 is 2.92 bits per heavy atom. The van der Waals surface area contributed by atoms with E-state index in [2.05, 4.69) is 16.2 Å². The third kappa shape index (κ3) is 5.16. The number of hydrogen-bond acceptors (Lipinski definition) is 9. The predicted molar refractivity (Wildman–Crippen MR) is 131 cm³/mol. The molecule has 3 atom stereocenters. The summed E-state index contributed by atoms with van der Waals surface area (Å²) in [6.45, 7) is 4.24. The SMILES string of the molecule is C#Cc1cc(F)ccc1C1N=C(c2nccs2)NC(CN2CCO[C@H](C)C2C(=O)O)=C1C(=O)OCC. The van der Waals surface area contributed by atoms with Gasteiger partial charge in [-0.2, -0.15) is 0 Å². The van der Waals surface area contributed by atoms with Gasteiger partial charge in [-0.15, -0.1) is 17.8 Å². The summed E-state index contributed by atoms with van der Waals surface area (Å²) in [7, 11) is 0. The van der Waals surface area contributed by atoms with Crippen molar-refractivity contribution in [2.45, 2.75) is 32.0 Å². The molecule has 0 saturated carbocycles. The minimum Gasteiger partial charge on any atom is -0.480 e. The zero-order chi connectivity index (χ0) is 25.8. The Kier molecular flexibility index (Phi) is 7.79.